The second-order valence-corrected chi connectivity index (χ2v) is 8.64. The van der Waals surface area contributed by atoms with Gasteiger partial charge in [-0.3, -0.25) is 4.79 Å². The zero-order valence-electron chi connectivity index (χ0n) is 19.1. The van der Waals surface area contributed by atoms with Crippen LogP contribution >= 0.6 is 0 Å². The number of aryl methyl sites for hydroxylation is 1. The zero-order chi connectivity index (χ0) is 23.2. The largest absolute Gasteiger partial charge is 0.349 e. The highest BCUT2D eigenvalue weighted by molar-refractivity contribution is 5.99. The van der Waals surface area contributed by atoms with Crippen molar-refractivity contribution in [1.29, 1.82) is 0 Å². The van der Waals surface area contributed by atoms with Crippen molar-refractivity contribution < 1.29 is 4.79 Å². The van der Waals surface area contributed by atoms with E-state index in [9.17, 15) is 4.79 Å². The van der Waals surface area contributed by atoms with Gasteiger partial charge in [0.25, 0.3) is 5.91 Å². The van der Waals surface area contributed by atoms with Crippen LogP contribution in [0.3, 0.4) is 0 Å². The van der Waals surface area contributed by atoms with Crippen LogP contribution in [0.1, 0.15) is 34.5 Å². The Morgan fingerprint density at radius 1 is 0.970 bits per heavy atom. The summed E-state index contributed by atoms with van der Waals surface area (Å²) in [6.45, 7) is 3.74. The fourth-order valence-electron chi connectivity index (χ4n) is 4.10. The molecule has 1 aromatic heterocycles. The summed E-state index contributed by atoms with van der Waals surface area (Å²) in [5.41, 5.74) is 18.1. The Kier molecular flexibility index (Phi) is 7.23. The Hall–Kier alpha value is -3.41. The summed E-state index contributed by atoms with van der Waals surface area (Å²) in [6, 6.07) is 27.0. The Morgan fingerprint density at radius 3 is 2.42 bits per heavy atom. The molecule has 0 aliphatic carbocycles. The molecule has 4 aromatic rings. The van der Waals surface area contributed by atoms with Gasteiger partial charge in [-0.1, -0.05) is 72.3 Å². The van der Waals surface area contributed by atoms with Crippen LogP contribution in [-0.2, 0) is 6.54 Å². The van der Waals surface area contributed by atoms with Crippen LogP contribution in [0.5, 0.6) is 0 Å². The number of rotatable bonds is 9. The number of fused-ring (bicyclic) bond motifs is 1. The third kappa shape index (κ3) is 5.51. The minimum atomic E-state index is -0.109. The van der Waals surface area contributed by atoms with Crippen molar-refractivity contribution in [3.8, 4) is 11.1 Å². The first-order chi connectivity index (χ1) is 16.0. The lowest BCUT2D eigenvalue weighted by Crippen LogP contribution is -2.38. The summed E-state index contributed by atoms with van der Waals surface area (Å²) in [7, 11) is 0. The first-order valence-corrected chi connectivity index (χ1v) is 11.5. The Morgan fingerprint density at radius 2 is 1.70 bits per heavy atom. The number of nitrogens with one attached hydrogen (secondary N) is 1. The van der Waals surface area contributed by atoms with Gasteiger partial charge >= 0.3 is 0 Å². The van der Waals surface area contributed by atoms with Crippen molar-refractivity contribution in [1.82, 2.24) is 9.88 Å². The summed E-state index contributed by atoms with van der Waals surface area (Å²) >= 11 is 0. The van der Waals surface area contributed by atoms with Crippen molar-refractivity contribution in [3.63, 3.8) is 0 Å². The van der Waals surface area contributed by atoms with E-state index in [0.717, 1.165) is 40.4 Å². The maximum atomic E-state index is 13.2. The van der Waals surface area contributed by atoms with Crippen LogP contribution in [0.25, 0.3) is 22.0 Å². The van der Waals surface area contributed by atoms with Gasteiger partial charge in [0.1, 0.15) is 5.69 Å². The monoisotopic (exact) mass is 440 g/mol. The topological polar surface area (TPSA) is 86.1 Å². The molecule has 4 rings (SSSR count). The van der Waals surface area contributed by atoms with Crippen molar-refractivity contribution in [2.75, 3.05) is 13.1 Å². The third-order valence-corrected chi connectivity index (χ3v) is 6.01. The van der Waals surface area contributed by atoms with E-state index in [1.807, 2.05) is 24.3 Å². The van der Waals surface area contributed by atoms with Crippen molar-refractivity contribution in [3.05, 3.63) is 95.7 Å². The van der Waals surface area contributed by atoms with E-state index in [-0.39, 0.29) is 11.9 Å². The first-order valence-electron chi connectivity index (χ1n) is 11.5. The minimum Gasteiger partial charge on any atom is -0.349 e. The molecule has 0 bridgehead atoms. The molecule has 5 heteroatoms. The molecule has 0 spiro atoms. The lowest BCUT2D eigenvalue weighted by molar-refractivity contribution is 0.0942. The Labute approximate surface area is 195 Å². The number of carbonyl (C=O) groups excluding carboxylic acids is 1. The van der Waals surface area contributed by atoms with Crippen molar-refractivity contribution >= 4 is 16.8 Å². The van der Waals surface area contributed by atoms with E-state index < -0.39 is 0 Å². The maximum absolute atomic E-state index is 13.2. The molecule has 0 saturated carbocycles. The number of hydrogen-bond acceptors (Lipinski definition) is 3. The molecule has 33 heavy (non-hydrogen) atoms. The summed E-state index contributed by atoms with van der Waals surface area (Å²) in [4.78, 5) is 13.2. The first kappa shape index (κ1) is 22.8. The average Bonchev–Trinajstić information content (AvgIpc) is 3.20. The maximum Gasteiger partial charge on any atom is 0.268 e. The van der Waals surface area contributed by atoms with Gasteiger partial charge in [-0.15, -0.1) is 0 Å². The molecule has 0 aliphatic heterocycles. The fraction of sp³-hybridized carbons (Fsp3) is 0.250. The molecule has 170 valence electrons. The average molecular weight is 441 g/mol. The van der Waals surface area contributed by atoms with Crippen LogP contribution < -0.4 is 16.8 Å². The van der Waals surface area contributed by atoms with Crippen molar-refractivity contribution in [2.24, 2.45) is 11.5 Å². The SMILES string of the molecule is Cc1ccc(-c2ccc3cc(C(=O)NC[C@@H](N)CCCN)n(Cc4ccccc4)c3c2)cc1. The molecule has 1 amide bonds. The summed E-state index contributed by atoms with van der Waals surface area (Å²) < 4.78 is 2.10. The number of nitrogens with two attached hydrogens (primary N) is 2. The third-order valence-electron chi connectivity index (χ3n) is 6.01. The minimum absolute atomic E-state index is 0.0995. The van der Waals surface area contributed by atoms with E-state index in [0.29, 0.717) is 25.3 Å². The molecule has 0 unspecified atom stereocenters. The lowest BCUT2D eigenvalue weighted by atomic mass is 10.0. The van der Waals surface area contributed by atoms with Gasteiger partial charge in [0, 0.05) is 30.0 Å². The zero-order valence-corrected chi connectivity index (χ0v) is 19.1. The second kappa shape index (κ2) is 10.5. The van der Waals surface area contributed by atoms with E-state index in [4.69, 9.17) is 11.5 Å². The highest BCUT2D eigenvalue weighted by Crippen LogP contribution is 2.28. The summed E-state index contributed by atoms with van der Waals surface area (Å²) in [5, 5.41) is 4.06. The predicted octanol–water partition coefficient (Wildman–Crippen LogP) is 4.46. The molecule has 3 aromatic carbocycles. The molecule has 0 radical (unpaired) electrons. The number of amides is 1. The van der Waals surface area contributed by atoms with Gasteiger partial charge in [0.05, 0.1) is 0 Å². The van der Waals surface area contributed by atoms with Gasteiger partial charge in [0.2, 0.25) is 0 Å². The van der Waals surface area contributed by atoms with Crippen LogP contribution in [0.4, 0.5) is 0 Å². The highest BCUT2D eigenvalue weighted by atomic mass is 16.1. The van der Waals surface area contributed by atoms with Crippen LogP contribution in [0.15, 0.2) is 78.9 Å². The molecular weight excluding hydrogens is 408 g/mol. The van der Waals surface area contributed by atoms with E-state index >= 15 is 0 Å². The van der Waals surface area contributed by atoms with Crippen LogP contribution in [0.2, 0.25) is 0 Å². The summed E-state index contributed by atoms with van der Waals surface area (Å²) in [6.07, 6.45) is 1.65. The van der Waals surface area contributed by atoms with Crippen molar-refractivity contribution in [2.45, 2.75) is 32.4 Å². The van der Waals surface area contributed by atoms with E-state index in [1.54, 1.807) is 0 Å². The molecule has 0 fully saturated rings. The van der Waals surface area contributed by atoms with Gasteiger partial charge in [0.15, 0.2) is 0 Å². The molecule has 5 nitrogen and oxygen atoms in total. The summed E-state index contributed by atoms with van der Waals surface area (Å²) in [5.74, 6) is -0.109. The fourth-order valence-corrected chi connectivity index (χ4v) is 4.10. The quantitative estimate of drug-likeness (QED) is 0.359. The second-order valence-electron chi connectivity index (χ2n) is 8.64. The van der Waals surface area contributed by atoms with Gasteiger partial charge in [-0.05, 0) is 55.1 Å². The Balaban J connectivity index is 1.69. The highest BCUT2D eigenvalue weighted by Gasteiger charge is 2.17. The van der Waals surface area contributed by atoms with Gasteiger partial charge in [-0.25, -0.2) is 0 Å². The molecule has 1 heterocycles. The van der Waals surface area contributed by atoms with E-state index in [1.165, 1.54) is 5.56 Å². The number of benzene rings is 3. The lowest BCUT2D eigenvalue weighted by Gasteiger charge is -2.14. The Bertz CT molecular complexity index is 1210. The number of nitrogens with zero attached hydrogens (tertiary/aromatic N) is 1. The predicted molar refractivity (Wildman–Crippen MR) is 136 cm³/mol. The van der Waals surface area contributed by atoms with E-state index in [2.05, 4.69) is 71.4 Å². The molecule has 5 N–H and O–H groups in total. The van der Waals surface area contributed by atoms with Gasteiger partial charge < -0.3 is 21.4 Å². The molecule has 0 aliphatic rings. The number of aromatic nitrogens is 1. The molecule has 0 saturated heterocycles. The molecule has 1 atom stereocenters. The standard InChI is InChI=1S/C28H32N4O/c1-20-9-11-22(12-10-20)23-13-14-24-17-27(28(33)31-18-25(30)8-5-15-29)32(26(24)16-23)19-21-6-3-2-4-7-21/h2-4,6-7,9-14,16-17,25H,5,8,15,18-19,29-30H2,1H3,(H,31,33)/t25-/m0/s1. The van der Waals surface area contributed by atoms with Crippen LogP contribution in [0, 0.1) is 6.92 Å². The van der Waals surface area contributed by atoms with Gasteiger partial charge in [-0.2, -0.15) is 0 Å². The normalized spacial score (nSPS) is 12.1. The number of hydrogen-bond donors (Lipinski definition) is 3. The number of carbonyl (C=O) groups is 1. The van der Waals surface area contributed by atoms with Crippen LogP contribution in [-0.4, -0.2) is 29.6 Å². The molecular formula is C28H32N4O. The smallest absolute Gasteiger partial charge is 0.268 e.